The van der Waals surface area contributed by atoms with Crippen LogP contribution in [-0.4, -0.2) is 59.9 Å². The Balaban J connectivity index is 0.00000420. The number of nitrogens with zero attached hydrogens (tertiary/aromatic N) is 2. The van der Waals surface area contributed by atoms with E-state index in [0.717, 1.165) is 13.0 Å². The molecule has 164 valence electrons. The zero-order chi connectivity index (χ0) is 20.7. The van der Waals surface area contributed by atoms with Crippen molar-refractivity contribution in [2.45, 2.75) is 51.9 Å². The molecule has 0 spiro atoms. The van der Waals surface area contributed by atoms with Crippen LogP contribution in [0.5, 0.6) is 0 Å². The van der Waals surface area contributed by atoms with E-state index in [4.69, 9.17) is 4.74 Å². The first-order valence-electron chi connectivity index (χ1n) is 9.64. The Hall–Kier alpha value is -1.62. The summed E-state index contributed by atoms with van der Waals surface area (Å²) in [5.74, 6) is 0.338. The van der Waals surface area contributed by atoms with Crippen LogP contribution in [0.4, 0.5) is 9.18 Å². The number of aliphatic hydroxyl groups is 1. The Labute approximate surface area is 189 Å². The maximum absolute atomic E-state index is 13.0. The van der Waals surface area contributed by atoms with Crippen molar-refractivity contribution in [2.75, 3.05) is 26.2 Å². The van der Waals surface area contributed by atoms with Crippen molar-refractivity contribution in [3.8, 4) is 0 Å². The number of guanidine groups is 1. The molecule has 7 nitrogen and oxygen atoms in total. The predicted molar refractivity (Wildman–Crippen MR) is 122 cm³/mol. The maximum atomic E-state index is 13.0. The van der Waals surface area contributed by atoms with E-state index in [1.165, 1.54) is 12.1 Å². The van der Waals surface area contributed by atoms with Gasteiger partial charge in [-0.2, -0.15) is 0 Å². The molecule has 1 saturated heterocycles. The first kappa shape index (κ1) is 25.4. The second-order valence-electron chi connectivity index (χ2n) is 7.84. The van der Waals surface area contributed by atoms with Gasteiger partial charge < -0.3 is 25.4 Å². The third-order valence-electron chi connectivity index (χ3n) is 4.21. The zero-order valence-electron chi connectivity index (χ0n) is 17.4. The van der Waals surface area contributed by atoms with Crippen LogP contribution in [0.15, 0.2) is 29.3 Å². The van der Waals surface area contributed by atoms with Crippen molar-refractivity contribution in [3.63, 3.8) is 0 Å². The number of benzene rings is 1. The highest BCUT2D eigenvalue weighted by molar-refractivity contribution is 14.0. The Morgan fingerprint density at radius 2 is 2.03 bits per heavy atom. The number of rotatable bonds is 5. The molecule has 0 saturated carbocycles. The molecule has 1 fully saturated rings. The molecule has 2 atom stereocenters. The molecule has 1 heterocycles. The van der Waals surface area contributed by atoms with Crippen LogP contribution in [0.1, 0.15) is 45.8 Å². The number of aliphatic imine (C=N–C) groups is 1. The Morgan fingerprint density at radius 1 is 1.38 bits per heavy atom. The van der Waals surface area contributed by atoms with Gasteiger partial charge in [-0.1, -0.05) is 12.1 Å². The summed E-state index contributed by atoms with van der Waals surface area (Å²) in [6.07, 6.45) is -0.454. The van der Waals surface area contributed by atoms with Crippen LogP contribution >= 0.6 is 24.0 Å². The highest BCUT2D eigenvalue weighted by atomic mass is 127. The number of amides is 1. The van der Waals surface area contributed by atoms with E-state index >= 15 is 0 Å². The number of alkyl carbamates (subject to hydrolysis) is 1. The van der Waals surface area contributed by atoms with E-state index in [1.54, 1.807) is 12.1 Å². The quantitative estimate of drug-likeness (QED) is 0.315. The molecule has 0 aliphatic carbocycles. The summed E-state index contributed by atoms with van der Waals surface area (Å²) < 4.78 is 18.3. The van der Waals surface area contributed by atoms with E-state index in [-0.39, 0.29) is 42.4 Å². The van der Waals surface area contributed by atoms with Crippen LogP contribution in [0.3, 0.4) is 0 Å². The van der Waals surface area contributed by atoms with Gasteiger partial charge in [0.05, 0.1) is 18.7 Å². The number of nitrogens with one attached hydrogen (secondary N) is 2. The van der Waals surface area contributed by atoms with Crippen molar-refractivity contribution in [2.24, 2.45) is 4.99 Å². The van der Waals surface area contributed by atoms with Gasteiger partial charge in [-0.05, 0) is 51.8 Å². The van der Waals surface area contributed by atoms with Crippen molar-refractivity contribution in [3.05, 3.63) is 35.6 Å². The molecule has 1 aliphatic rings. The standard InChI is InChI=1S/C20H31FN4O3.HI/c1-5-22-18(23-12-17(26)14-6-8-15(21)9-7-14)25-11-10-16(13-25)24-19(27)28-20(2,3)4;/h6-9,16-17,26H,5,10-13H2,1-4H3,(H,22,23)(H,24,27);1H. The van der Waals surface area contributed by atoms with Gasteiger partial charge in [-0.25, -0.2) is 9.18 Å². The number of carbonyl (C=O) groups excluding carboxylic acids is 1. The van der Waals surface area contributed by atoms with Crippen molar-refractivity contribution >= 4 is 36.0 Å². The van der Waals surface area contributed by atoms with Crippen LogP contribution in [0.2, 0.25) is 0 Å². The van der Waals surface area contributed by atoms with E-state index in [9.17, 15) is 14.3 Å². The molecule has 0 bridgehead atoms. The predicted octanol–water partition coefficient (Wildman–Crippen LogP) is 3.04. The molecule has 1 aromatic rings. The van der Waals surface area contributed by atoms with Crippen LogP contribution in [-0.2, 0) is 4.74 Å². The normalized spacial score (nSPS) is 18.1. The molecule has 1 amide bonds. The number of ether oxygens (including phenoxy) is 1. The molecule has 1 aliphatic heterocycles. The number of aliphatic hydroxyl groups excluding tert-OH is 1. The lowest BCUT2D eigenvalue weighted by Gasteiger charge is -2.23. The summed E-state index contributed by atoms with van der Waals surface area (Å²) in [6.45, 7) is 9.65. The van der Waals surface area contributed by atoms with E-state index in [0.29, 0.717) is 24.6 Å². The largest absolute Gasteiger partial charge is 0.444 e. The van der Waals surface area contributed by atoms with Gasteiger partial charge in [0.25, 0.3) is 0 Å². The van der Waals surface area contributed by atoms with E-state index in [1.807, 2.05) is 32.6 Å². The van der Waals surface area contributed by atoms with E-state index < -0.39 is 17.8 Å². The minimum atomic E-state index is -0.812. The van der Waals surface area contributed by atoms with Crippen LogP contribution < -0.4 is 10.6 Å². The summed E-state index contributed by atoms with van der Waals surface area (Å²) >= 11 is 0. The lowest BCUT2D eigenvalue weighted by atomic mass is 10.1. The highest BCUT2D eigenvalue weighted by Gasteiger charge is 2.28. The number of hydrogen-bond donors (Lipinski definition) is 3. The van der Waals surface area contributed by atoms with Gasteiger partial charge in [-0.3, -0.25) is 4.99 Å². The molecular formula is C20H32FIN4O3. The SMILES string of the molecule is CCNC(=NCC(O)c1ccc(F)cc1)N1CCC(NC(=O)OC(C)(C)C)C1.I. The topological polar surface area (TPSA) is 86.2 Å². The lowest BCUT2D eigenvalue weighted by molar-refractivity contribution is 0.0507. The molecule has 0 aromatic heterocycles. The number of halogens is 2. The molecular weight excluding hydrogens is 490 g/mol. The third kappa shape index (κ3) is 8.73. The molecule has 2 unspecified atom stereocenters. The fraction of sp³-hybridized carbons (Fsp3) is 0.600. The summed E-state index contributed by atoms with van der Waals surface area (Å²) in [5, 5.41) is 16.4. The Morgan fingerprint density at radius 3 is 2.62 bits per heavy atom. The zero-order valence-corrected chi connectivity index (χ0v) is 19.8. The molecule has 1 aromatic carbocycles. The summed E-state index contributed by atoms with van der Waals surface area (Å²) in [5.41, 5.74) is 0.0850. The molecule has 3 N–H and O–H groups in total. The Bertz CT molecular complexity index is 679. The molecule has 9 heteroatoms. The highest BCUT2D eigenvalue weighted by Crippen LogP contribution is 2.15. The molecule has 0 radical (unpaired) electrons. The van der Waals surface area contributed by atoms with Crippen molar-refractivity contribution < 1.29 is 19.0 Å². The summed E-state index contributed by atoms with van der Waals surface area (Å²) in [7, 11) is 0. The van der Waals surface area contributed by atoms with Gasteiger partial charge in [0.1, 0.15) is 11.4 Å². The lowest BCUT2D eigenvalue weighted by Crippen LogP contribution is -2.44. The first-order chi connectivity index (χ1) is 13.2. The average molecular weight is 522 g/mol. The van der Waals surface area contributed by atoms with Crippen LogP contribution in [0, 0.1) is 5.82 Å². The smallest absolute Gasteiger partial charge is 0.407 e. The minimum absolute atomic E-state index is 0. The average Bonchev–Trinajstić information content (AvgIpc) is 3.05. The van der Waals surface area contributed by atoms with Crippen molar-refractivity contribution in [1.29, 1.82) is 0 Å². The van der Waals surface area contributed by atoms with Gasteiger partial charge in [0.2, 0.25) is 0 Å². The monoisotopic (exact) mass is 522 g/mol. The van der Waals surface area contributed by atoms with Crippen LogP contribution in [0.25, 0.3) is 0 Å². The van der Waals surface area contributed by atoms with Gasteiger partial charge in [-0.15, -0.1) is 24.0 Å². The molecule has 29 heavy (non-hydrogen) atoms. The number of carbonyl (C=O) groups is 1. The number of hydrogen-bond acceptors (Lipinski definition) is 4. The maximum Gasteiger partial charge on any atom is 0.407 e. The summed E-state index contributed by atoms with van der Waals surface area (Å²) in [6, 6.07) is 5.72. The molecule has 2 rings (SSSR count). The summed E-state index contributed by atoms with van der Waals surface area (Å²) in [4.78, 5) is 18.5. The van der Waals surface area contributed by atoms with Gasteiger partial charge in [0.15, 0.2) is 5.96 Å². The second-order valence-corrected chi connectivity index (χ2v) is 7.84. The fourth-order valence-electron chi connectivity index (χ4n) is 2.93. The van der Waals surface area contributed by atoms with Gasteiger partial charge in [0, 0.05) is 19.6 Å². The first-order valence-corrected chi connectivity index (χ1v) is 9.64. The number of likely N-dealkylation sites (tertiary alicyclic amines) is 1. The van der Waals surface area contributed by atoms with E-state index in [2.05, 4.69) is 15.6 Å². The van der Waals surface area contributed by atoms with Crippen molar-refractivity contribution in [1.82, 2.24) is 15.5 Å². The van der Waals surface area contributed by atoms with Gasteiger partial charge >= 0.3 is 6.09 Å². The minimum Gasteiger partial charge on any atom is -0.444 e. The fourth-order valence-corrected chi connectivity index (χ4v) is 2.93. The third-order valence-corrected chi connectivity index (χ3v) is 4.21. The second kappa shape index (κ2) is 11.5. The Kier molecular flexibility index (Phi) is 10.1.